The highest BCUT2D eigenvalue weighted by atomic mass is 16.2. The third-order valence-electron chi connectivity index (χ3n) is 5.73. The average Bonchev–Trinajstić information content (AvgIpc) is 3.28. The Morgan fingerprint density at radius 3 is 2.72 bits per heavy atom. The minimum absolute atomic E-state index is 0.0490. The fourth-order valence-corrected chi connectivity index (χ4v) is 4.02. The van der Waals surface area contributed by atoms with Gasteiger partial charge in [-0.05, 0) is 62.6 Å². The summed E-state index contributed by atoms with van der Waals surface area (Å²) in [5.41, 5.74) is 9.71. The molecule has 1 saturated heterocycles. The van der Waals surface area contributed by atoms with Crippen LogP contribution in [0.5, 0.6) is 0 Å². The van der Waals surface area contributed by atoms with Crippen LogP contribution in [0, 0.1) is 13.8 Å². The van der Waals surface area contributed by atoms with Gasteiger partial charge in [-0.3, -0.25) is 14.6 Å². The second kappa shape index (κ2) is 9.13. The Balaban J connectivity index is 1.50. The van der Waals surface area contributed by atoms with Crippen LogP contribution < -0.4 is 11.1 Å². The summed E-state index contributed by atoms with van der Waals surface area (Å²) >= 11 is 0. The van der Waals surface area contributed by atoms with E-state index in [0.29, 0.717) is 35.7 Å². The van der Waals surface area contributed by atoms with Gasteiger partial charge in [0.25, 0.3) is 11.8 Å². The first-order chi connectivity index (χ1) is 15.4. The Labute approximate surface area is 186 Å². The van der Waals surface area contributed by atoms with Gasteiger partial charge in [0.1, 0.15) is 0 Å². The summed E-state index contributed by atoms with van der Waals surface area (Å²) in [6, 6.07) is 11.3. The second-order valence-corrected chi connectivity index (χ2v) is 7.95. The Hall–Kier alpha value is -3.81. The maximum Gasteiger partial charge on any atom is 0.254 e. The maximum absolute atomic E-state index is 13.3. The highest BCUT2D eigenvalue weighted by molar-refractivity contribution is 5.95. The fourth-order valence-electron chi connectivity index (χ4n) is 4.02. The molecule has 0 unspecified atom stereocenters. The molecule has 0 spiro atoms. The summed E-state index contributed by atoms with van der Waals surface area (Å²) in [6.07, 6.45) is 4.88. The average molecular weight is 431 g/mol. The number of nitrogens with zero attached hydrogens (tertiary/aromatic N) is 4. The zero-order valence-corrected chi connectivity index (χ0v) is 18.2. The van der Waals surface area contributed by atoms with Crippen molar-refractivity contribution in [1.82, 2.24) is 19.9 Å². The molecule has 3 heterocycles. The number of anilines is 1. The molecule has 1 aliphatic heterocycles. The lowest BCUT2D eigenvalue weighted by atomic mass is 10.1. The van der Waals surface area contributed by atoms with Crippen LogP contribution in [0.25, 0.3) is 0 Å². The Kier molecular flexibility index (Phi) is 6.11. The topological polar surface area (TPSA) is 114 Å². The van der Waals surface area contributed by atoms with Crippen LogP contribution in [-0.2, 0) is 6.54 Å². The summed E-state index contributed by atoms with van der Waals surface area (Å²) in [6.45, 7) is 4.96. The predicted molar refractivity (Wildman–Crippen MR) is 121 cm³/mol. The van der Waals surface area contributed by atoms with Gasteiger partial charge in [-0.1, -0.05) is 6.07 Å². The van der Waals surface area contributed by atoms with Gasteiger partial charge in [0.15, 0.2) is 5.82 Å². The van der Waals surface area contributed by atoms with E-state index < -0.39 is 5.91 Å². The van der Waals surface area contributed by atoms with Gasteiger partial charge in [0.05, 0.1) is 29.5 Å². The number of primary amides is 1. The van der Waals surface area contributed by atoms with Gasteiger partial charge >= 0.3 is 0 Å². The second-order valence-electron chi connectivity index (χ2n) is 7.95. The first kappa shape index (κ1) is 21.4. The molecular weight excluding hydrogens is 404 g/mol. The number of hydrogen-bond acceptors (Lipinski definition) is 6. The summed E-state index contributed by atoms with van der Waals surface area (Å²) in [4.78, 5) is 39.7. The third-order valence-corrected chi connectivity index (χ3v) is 5.73. The molecule has 3 aromatic rings. The molecule has 0 aliphatic carbocycles. The lowest BCUT2D eigenvalue weighted by Crippen LogP contribution is -2.32. The van der Waals surface area contributed by atoms with Crippen molar-refractivity contribution in [3.05, 3.63) is 82.7 Å². The number of aryl methyl sites for hydroxylation is 2. The van der Waals surface area contributed by atoms with Crippen LogP contribution in [0.2, 0.25) is 0 Å². The molecule has 1 fully saturated rings. The molecule has 0 saturated carbocycles. The van der Waals surface area contributed by atoms with E-state index >= 15 is 0 Å². The van der Waals surface area contributed by atoms with Gasteiger partial charge in [0.2, 0.25) is 0 Å². The summed E-state index contributed by atoms with van der Waals surface area (Å²) < 4.78 is 0. The third kappa shape index (κ3) is 4.44. The largest absolute Gasteiger partial charge is 0.379 e. The Bertz CT molecular complexity index is 1150. The molecule has 2 aromatic heterocycles. The molecule has 3 N–H and O–H groups in total. The first-order valence-electron chi connectivity index (χ1n) is 10.6. The number of carbonyl (C=O) groups excluding carboxylic acids is 2. The van der Waals surface area contributed by atoms with E-state index in [-0.39, 0.29) is 11.9 Å². The molecule has 1 atom stereocenters. The lowest BCUT2D eigenvalue weighted by Gasteiger charge is -2.24. The Morgan fingerprint density at radius 1 is 1.19 bits per heavy atom. The summed E-state index contributed by atoms with van der Waals surface area (Å²) in [7, 11) is 0. The lowest BCUT2D eigenvalue weighted by molar-refractivity contribution is 0.0729. The van der Waals surface area contributed by atoms with E-state index in [0.717, 1.165) is 29.8 Å². The van der Waals surface area contributed by atoms with Crippen molar-refractivity contribution >= 4 is 17.5 Å². The minimum Gasteiger partial charge on any atom is -0.379 e. The van der Waals surface area contributed by atoms with Crippen LogP contribution in [0.15, 0.2) is 48.8 Å². The molecule has 0 bridgehead atoms. The van der Waals surface area contributed by atoms with E-state index in [1.807, 2.05) is 48.2 Å². The van der Waals surface area contributed by atoms with Gasteiger partial charge in [-0.25, -0.2) is 9.97 Å². The van der Waals surface area contributed by atoms with E-state index in [9.17, 15) is 9.59 Å². The van der Waals surface area contributed by atoms with Gasteiger partial charge in [-0.15, -0.1) is 0 Å². The number of rotatable bonds is 6. The van der Waals surface area contributed by atoms with Crippen molar-refractivity contribution < 1.29 is 9.59 Å². The zero-order chi connectivity index (χ0) is 22.7. The van der Waals surface area contributed by atoms with E-state index in [1.165, 1.54) is 6.20 Å². The van der Waals surface area contributed by atoms with Gasteiger partial charge < -0.3 is 16.0 Å². The number of aromatic nitrogens is 3. The quantitative estimate of drug-likeness (QED) is 0.621. The van der Waals surface area contributed by atoms with Crippen LogP contribution in [0.1, 0.15) is 62.4 Å². The highest BCUT2D eigenvalue weighted by Gasteiger charge is 2.33. The van der Waals surface area contributed by atoms with Crippen molar-refractivity contribution in [2.24, 2.45) is 5.73 Å². The summed E-state index contributed by atoms with van der Waals surface area (Å²) in [5, 5.41) is 3.37. The van der Waals surface area contributed by atoms with Crippen LogP contribution >= 0.6 is 0 Å². The predicted octanol–water partition coefficient (Wildman–Crippen LogP) is 3.18. The maximum atomic E-state index is 13.3. The highest BCUT2D eigenvalue weighted by Crippen LogP contribution is 2.32. The standard InChI is InChI=1S/C24H26N6O2/c1-15-12-17(8-9-20(15)27-13-18-6-3-4-10-26-18)24(32)30-11-5-7-21(30)23-28-14-19(22(25)31)16(2)29-23/h3-4,6,8-10,12,14,21,27H,5,7,11,13H2,1-2H3,(H2,25,31)/t21-/m1/s1. The molecule has 2 amide bonds. The van der Waals surface area contributed by atoms with Crippen LogP contribution in [0.4, 0.5) is 5.69 Å². The number of likely N-dealkylation sites (tertiary alicyclic amines) is 1. The molecule has 164 valence electrons. The molecule has 1 aliphatic rings. The van der Waals surface area contributed by atoms with Crippen LogP contribution in [0.3, 0.4) is 0 Å². The number of amides is 2. The number of pyridine rings is 1. The molecule has 32 heavy (non-hydrogen) atoms. The fraction of sp³-hybridized carbons (Fsp3) is 0.292. The van der Waals surface area contributed by atoms with Crippen molar-refractivity contribution in [2.45, 2.75) is 39.3 Å². The first-order valence-corrected chi connectivity index (χ1v) is 10.6. The smallest absolute Gasteiger partial charge is 0.254 e. The molecule has 0 radical (unpaired) electrons. The number of hydrogen-bond donors (Lipinski definition) is 2. The monoisotopic (exact) mass is 430 g/mol. The van der Waals surface area contributed by atoms with Crippen molar-refractivity contribution in [1.29, 1.82) is 0 Å². The molecule has 8 nitrogen and oxygen atoms in total. The number of carbonyl (C=O) groups is 2. The van der Waals surface area contributed by atoms with Crippen molar-refractivity contribution in [3.8, 4) is 0 Å². The van der Waals surface area contributed by atoms with Crippen molar-refractivity contribution in [2.75, 3.05) is 11.9 Å². The number of nitrogens with two attached hydrogens (primary N) is 1. The molecule has 4 rings (SSSR count). The number of benzene rings is 1. The summed E-state index contributed by atoms with van der Waals surface area (Å²) in [5.74, 6) is -0.0588. The number of nitrogens with one attached hydrogen (secondary N) is 1. The molecule has 1 aromatic carbocycles. The van der Waals surface area contributed by atoms with E-state index in [2.05, 4.69) is 20.3 Å². The van der Waals surface area contributed by atoms with E-state index in [1.54, 1.807) is 13.1 Å². The normalized spacial score (nSPS) is 15.6. The van der Waals surface area contributed by atoms with Crippen LogP contribution in [-0.4, -0.2) is 38.2 Å². The molecule has 8 heteroatoms. The minimum atomic E-state index is -0.555. The van der Waals surface area contributed by atoms with Gasteiger partial charge in [0, 0.05) is 30.2 Å². The Morgan fingerprint density at radius 2 is 2.03 bits per heavy atom. The molecular formula is C24H26N6O2. The SMILES string of the molecule is Cc1cc(C(=O)N2CCC[C@@H]2c2ncc(C(N)=O)c(C)n2)ccc1NCc1ccccn1. The zero-order valence-electron chi connectivity index (χ0n) is 18.2. The van der Waals surface area contributed by atoms with Gasteiger partial charge in [-0.2, -0.15) is 0 Å². The van der Waals surface area contributed by atoms with E-state index in [4.69, 9.17) is 5.73 Å². The van der Waals surface area contributed by atoms with Crippen molar-refractivity contribution in [3.63, 3.8) is 0 Å².